The third-order valence-electron chi connectivity index (χ3n) is 6.20. The summed E-state index contributed by atoms with van der Waals surface area (Å²) in [6.07, 6.45) is 4.31. The van der Waals surface area contributed by atoms with Crippen LogP contribution in [0.1, 0.15) is 41.8 Å². The summed E-state index contributed by atoms with van der Waals surface area (Å²) in [6.45, 7) is 1.12. The Balaban J connectivity index is 1.32. The molecule has 0 bridgehead atoms. The van der Waals surface area contributed by atoms with Gasteiger partial charge in [0.15, 0.2) is 12.4 Å². The van der Waals surface area contributed by atoms with E-state index in [1.807, 2.05) is 0 Å². The molecule has 1 aliphatic heterocycles. The van der Waals surface area contributed by atoms with Crippen LogP contribution in [0, 0.1) is 5.82 Å². The van der Waals surface area contributed by atoms with Gasteiger partial charge in [-0.3, -0.25) is 14.4 Å². The minimum Gasteiger partial charge on any atom is -0.459 e. The number of carbonyl (C=O) groups excluding carboxylic acids is 3. The van der Waals surface area contributed by atoms with E-state index >= 15 is 0 Å². The highest BCUT2D eigenvalue weighted by Gasteiger charge is 2.44. The topological polar surface area (TPSA) is 80.1 Å². The Morgan fingerprint density at radius 1 is 1.00 bits per heavy atom. The molecule has 0 N–H and O–H groups in total. The molecule has 1 aliphatic carbocycles. The van der Waals surface area contributed by atoms with Crippen molar-refractivity contribution in [1.82, 2.24) is 9.80 Å². The van der Waals surface area contributed by atoms with Crippen LogP contribution < -0.4 is 0 Å². The highest BCUT2D eigenvalue weighted by molar-refractivity contribution is 5.91. The van der Waals surface area contributed by atoms with Crippen molar-refractivity contribution in [1.29, 1.82) is 0 Å². The zero-order chi connectivity index (χ0) is 21.8. The highest BCUT2D eigenvalue weighted by atomic mass is 19.1. The van der Waals surface area contributed by atoms with Crippen LogP contribution in [0.5, 0.6) is 0 Å². The summed E-state index contributed by atoms with van der Waals surface area (Å²) in [7, 11) is 0. The van der Waals surface area contributed by atoms with E-state index in [0.29, 0.717) is 44.6 Å². The van der Waals surface area contributed by atoms with Gasteiger partial charge in [-0.25, -0.2) is 4.39 Å². The van der Waals surface area contributed by atoms with Crippen LogP contribution in [0.2, 0.25) is 0 Å². The first kappa shape index (κ1) is 21.1. The first-order chi connectivity index (χ1) is 15.0. The molecule has 2 aliphatic rings. The molecule has 7 nitrogen and oxygen atoms in total. The zero-order valence-corrected chi connectivity index (χ0v) is 17.2. The largest absolute Gasteiger partial charge is 0.459 e. The lowest BCUT2D eigenvalue weighted by Crippen LogP contribution is -2.51. The van der Waals surface area contributed by atoms with Gasteiger partial charge in [0.1, 0.15) is 5.82 Å². The van der Waals surface area contributed by atoms with Crippen LogP contribution in [0.3, 0.4) is 0 Å². The predicted octanol–water partition coefficient (Wildman–Crippen LogP) is 2.76. The number of furan rings is 1. The third kappa shape index (κ3) is 4.33. The summed E-state index contributed by atoms with van der Waals surface area (Å²) in [6, 6.07) is 9.32. The van der Waals surface area contributed by atoms with Crippen LogP contribution in [0.15, 0.2) is 47.1 Å². The van der Waals surface area contributed by atoms with Crippen LogP contribution in [-0.4, -0.2) is 60.4 Å². The van der Waals surface area contributed by atoms with E-state index < -0.39 is 17.2 Å². The lowest BCUT2D eigenvalue weighted by Gasteiger charge is -2.34. The molecular weight excluding hydrogens is 403 g/mol. The van der Waals surface area contributed by atoms with Gasteiger partial charge in [0.2, 0.25) is 0 Å². The molecule has 2 heterocycles. The van der Waals surface area contributed by atoms with Gasteiger partial charge < -0.3 is 19.0 Å². The van der Waals surface area contributed by atoms with Gasteiger partial charge in [-0.15, -0.1) is 0 Å². The Labute approximate surface area is 179 Å². The molecule has 2 fully saturated rings. The van der Waals surface area contributed by atoms with E-state index in [-0.39, 0.29) is 24.2 Å². The van der Waals surface area contributed by atoms with E-state index in [1.165, 1.54) is 18.4 Å². The normalized spacial score (nSPS) is 18.1. The van der Waals surface area contributed by atoms with E-state index in [0.717, 1.165) is 12.8 Å². The first-order valence-electron chi connectivity index (χ1n) is 10.5. The summed E-state index contributed by atoms with van der Waals surface area (Å²) in [5.74, 6) is -1.11. The number of halogens is 1. The summed E-state index contributed by atoms with van der Waals surface area (Å²) < 4.78 is 24.3. The molecule has 4 rings (SSSR count). The number of piperazine rings is 1. The molecule has 0 atom stereocenters. The second-order valence-electron chi connectivity index (χ2n) is 8.03. The fourth-order valence-electron chi connectivity index (χ4n) is 4.45. The molecule has 31 heavy (non-hydrogen) atoms. The second kappa shape index (κ2) is 8.91. The number of carbonyl (C=O) groups is 3. The summed E-state index contributed by atoms with van der Waals surface area (Å²) in [5, 5.41) is 0. The molecule has 0 unspecified atom stereocenters. The Morgan fingerprint density at radius 3 is 2.35 bits per heavy atom. The fourth-order valence-corrected chi connectivity index (χ4v) is 4.45. The number of nitrogens with zero attached hydrogens (tertiary/aromatic N) is 2. The van der Waals surface area contributed by atoms with Gasteiger partial charge in [0.05, 0.1) is 11.7 Å². The van der Waals surface area contributed by atoms with Crippen molar-refractivity contribution in [2.75, 3.05) is 32.8 Å². The molecule has 1 saturated heterocycles. The van der Waals surface area contributed by atoms with E-state index in [4.69, 9.17) is 9.15 Å². The molecule has 1 aromatic carbocycles. The molecule has 2 amide bonds. The van der Waals surface area contributed by atoms with Crippen molar-refractivity contribution in [2.24, 2.45) is 0 Å². The number of amides is 2. The molecule has 164 valence electrons. The van der Waals surface area contributed by atoms with Gasteiger partial charge in [-0.2, -0.15) is 0 Å². The van der Waals surface area contributed by atoms with Crippen LogP contribution in [-0.2, 0) is 19.7 Å². The molecule has 8 heteroatoms. The smallest absolute Gasteiger partial charge is 0.317 e. The molecule has 2 aromatic rings. The Hall–Kier alpha value is -3.16. The van der Waals surface area contributed by atoms with Crippen molar-refractivity contribution in [2.45, 2.75) is 31.1 Å². The molecule has 1 saturated carbocycles. The highest BCUT2D eigenvalue weighted by Crippen LogP contribution is 2.42. The van der Waals surface area contributed by atoms with Crippen LogP contribution >= 0.6 is 0 Å². The number of ether oxygens (including phenoxy) is 1. The van der Waals surface area contributed by atoms with E-state index in [2.05, 4.69) is 0 Å². The number of benzene rings is 1. The minimum absolute atomic E-state index is 0.207. The maximum absolute atomic E-state index is 13.7. The van der Waals surface area contributed by atoms with Crippen molar-refractivity contribution in [3.8, 4) is 0 Å². The van der Waals surface area contributed by atoms with Gasteiger partial charge in [0.25, 0.3) is 11.8 Å². The Kier molecular flexibility index (Phi) is 6.06. The Bertz CT molecular complexity index is 945. The van der Waals surface area contributed by atoms with Gasteiger partial charge >= 0.3 is 5.97 Å². The standard InChI is InChI=1S/C23H25FN2O5/c24-18-6-3-5-17(15-18)23(8-1-2-9-23)22(29)31-16-20(27)25-10-12-26(13-11-25)21(28)19-7-4-14-30-19/h3-7,14-15H,1-2,8-13,16H2. The van der Waals surface area contributed by atoms with Crippen molar-refractivity contribution in [3.63, 3.8) is 0 Å². The first-order valence-corrected chi connectivity index (χ1v) is 10.5. The van der Waals surface area contributed by atoms with Crippen molar-refractivity contribution < 1.29 is 27.9 Å². The lowest BCUT2D eigenvalue weighted by molar-refractivity contribution is -0.157. The van der Waals surface area contributed by atoms with E-state index in [1.54, 1.807) is 34.1 Å². The van der Waals surface area contributed by atoms with Gasteiger partial charge in [-0.05, 0) is 42.7 Å². The zero-order valence-electron chi connectivity index (χ0n) is 17.2. The summed E-state index contributed by atoms with van der Waals surface area (Å²) in [5.41, 5.74) is -0.288. The van der Waals surface area contributed by atoms with Crippen LogP contribution in [0.4, 0.5) is 4.39 Å². The van der Waals surface area contributed by atoms with Crippen LogP contribution in [0.25, 0.3) is 0 Å². The number of hydrogen-bond donors (Lipinski definition) is 0. The third-order valence-corrected chi connectivity index (χ3v) is 6.20. The molecule has 0 spiro atoms. The van der Waals surface area contributed by atoms with Gasteiger partial charge in [0, 0.05) is 26.2 Å². The quantitative estimate of drug-likeness (QED) is 0.685. The summed E-state index contributed by atoms with van der Waals surface area (Å²) in [4.78, 5) is 41.1. The summed E-state index contributed by atoms with van der Waals surface area (Å²) >= 11 is 0. The average Bonchev–Trinajstić information content (AvgIpc) is 3.50. The maximum atomic E-state index is 13.7. The van der Waals surface area contributed by atoms with Crippen molar-refractivity contribution in [3.05, 3.63) is 59.8 Å². The number of rotatable bonds is 5. The predicted molar refractivity (Wildman–Crippen MR) is 109 cm³/mol. The van der Waals surface area contributed by atoms with Crippen molar-refractivity contribution >= 4 is 17.8 Å². The second-order valence-corrected chi connectivity index (χ2v) is 8.03. The minimum atomic E-state index is -0.892. The Morgan fingerprint density at radius 2 is 1.71 bits per heavy atom. The van der Waals surface area contributed by atoms with Gasteiger partial charge in [-0.1, -0.05) is 25.0 Å². The number of esters is 1. The average molecular weight is 428 g/mol. The number of hydrogen-bond acceptors (Lipinski definition) is 5. The molecular formula is C23H25FN2O5. The monoisotopic (exact) mass is 428 g/mol. The lowest BCUT2D eigenvalue weighted by atomic mass is 9.79. The van der Waals surface area contributed by atoms with E-state index in [9.17, 15) is 18.8 Å². The molecule has 1 aromatic heterocycles. The fraction of sp³-hybridized carbons (Fsp3) is 0.435. The SMILES string of the molecule is O=C(COC(=O)C1(c2cccc(F)c2)CCCC1)N1CCN(C(=O)c2ccco2)CC1. The molecule has 0 radical (unpaired) electrons. The maximum Gasteiger partial charge on any atom is 0.317 e.